The van der Waals surface area contributed by atoms with Crippen LogP contribution in [0.4, 0.5) is 0 Å². The van der Waals surface area contributed by atoms with Gasteiger partial charge in [0.05, 0.1) is 0 Å². The Morgan fingerprint density at radius 2 is 1.33 bits per heavy atom. The van der Waals surface area contributed by atoms with Crippen LogP contribution in [0.1, 0.15) is 36.8 Å². The number of fused-ring (bicyclic) bond motifs is 5. The summed E-state index contributed by atoms with van der Waals surface area (Å²) in [5.41, 5.74) is 8.98. The smallest absolute Gasteiger partial charge is 0.0215 e. The highest BCUT2D eigenvalue weighted by molar-refractivity contribution is 14.1. The van der Waals surface area contributed by atoms with Crippen molar-refractivity contribution >= 4 is 22.6 Å². The van der Waals surface area contributed by atoms with Gasteiger partial charge in [0.15, 0.2) is 0 Å². The van der Waals surface area contributed by atoms with E-state index in [0.717, 1.165) is 0 Å². The van der Waals surface area contributed by atoms with E-state index in [-0.39, 0.29) is 5.41 Å². The van der Waals surface area contributed by atoms with E-state index >= 15 is 0 Å². The average molecular weight is 422 g/mol. The molecule has 0 amide bonds. The SMILES string of the molecule is Ic1ccc(-c2ccc3c(c2)-c2ccccc2C32CCCC2)cc1. The molecular weight excluding hydrogens is 403 g/mol. The van der Waals surface area contributed by atoms with Crippen LogP contribution in [0.3, 0.4) is 0 Å². The summed E-state index contributed by atoms with van der Waals surface area (Å²) in [7, 11) is 0. The van der Waals surface area contributed by atoms with Gasteiger partial charge in [0.2, 0.25) is 0 Å². The second kappa shape index (κ2) is 5.45. The van der Waals surface area contributed by atoms with E-state index in [9.17, 15) is 0 Å². The minimum atomic E-state index is 0.288. The largest absolute Gasteiger partial charge is 0.0619 e. The first-order valence-electron chi connectivity index (χ1n) is 8.78. The Morgan fingerprint density at radius 1 is 0.667 bits per heavy atom. The van der Waals surface area contributed by atoms with Crippen molar-refractivity contribution in [2.75, 3.05) is 0 Å². The van der Waals surface area contributed by atoms with Gasteiger partial charge in [-0.3, -0.25) is 0 Å². The summed E-state index contributed by atoms with van der Waals surface area (Å²) in [4.78, 5) is 0. The summed E-state index contributed by atoms with van der Waals surface area (Å²) in [5, 5.41) is 0. The summed E-state index contributed by atoms with van der Waals surface area (Å²) in [6.45, 7) is 0. The Kier molecular flexibility index (Phi) is 3.34. The van der Waals surface area contributed by atoms with Crippen molar-refractivity contribution in [3.63, 3.8) is 0 Å². The van der Waals surface area contributed by atoms with Crippen molar-refractivity contribution in [3.8, 4) is 22.3 Å². The van der Waals surface area contributed by atoms with E-state index in [1.165, 1.54) is 51.5 Å². The monoisotopic (exact) mass is 422 g/mol. The van der Waals surface area contributed by atoms with Gasteiger partial charge in [-0.2, -0.15) is 0 Å². The highest BCUT2D eigenvalue weighted by Crippen LogP contribution is 2.57. The fourth-order valence-corrected chi connectivity index (χ4v) is 5.16. The lowest BCUT2D eigenvalue weighted by molar-refractivity contribution is 0.550. The molecule has 0 nitrogen and oxygen atoms in total. The third-order valence-electron chi connectivity index (χ3n) is 5.90. The zero-order valence-electron chi connectivity index (χ0n) is 13.6. The van der Waals surface area contributed by atoms with Gasteiger partial charge >= 0.3 is 0 Å². The topological polar surface area (TPSA) is 0 Å². The highest BCUT2D eigenvalue weighted by Gasteiger charge is 2.44. The predicted molar refractivity (Wildman–Crippen MR) is 109 cm³/mol. The lowest BCUT2D eigenvalue weighted by Gasteiger charge is -2.26. The molecule has 5 rings (SSSR count). The molecule has 2 aliphatic rings. The molecule has 1 spiro atoms. The second-order valence-corrected chi connectivity index (χ2v) is 8.35. The molecule has 1 fully saturated rings. The van der Waals surface area contributed by atoms with Crippen LogP contribution in [-0.4, -0.2) is 0 Å². The van der Waals surface area contributed by atoms with Crippen molar-refractivity contribution < 1.29 is 0 Å². The maximum Gasteiger partial charge on any atom is 0.0215 e. The zero-order chi connectivity index (χ0) is 16.1. The van der Waals surface area contributed by atoms with E-state index in [1.54, 1.807) is 11.1 Å². The van der Waals surface area contributed by atoms with E-state index in [4.69, 9.17) is 0 Å². The Balaban J connectivity index is 1.72. The van der Waals surface area contributed by atoms with Crippen molar-refractivity contribution in [2.45, 2.75) is 31.1 Å². The van der Waals surface area contributed by atoms with Crippen LogP contribution in [0.25, 0.3) is 22.3 Å². The van der Waals surface area contributed by atoms with Gasteiger partial charge in [-0.15, -0.1) is 0 Å². The third-order valence-corrected chi connectivity index (χ3v) is 6.62. The van der Waals surface area contributed by atoms with Gasteiger partial charge in [0.1, 0.15) is 0 Å². The van der Waals surface area contributed by atoms with Crippen LogP contribution >= 0.6 is 22.6 Å². The van der Waals surface area contributed by atoms with E-state index in [1.807, 2.05) is 0 Å². The Bertz CT molecular complexity index is 915. The standard InChI is InChI=1S/C23H19I/c24-18-10-7-16(8-11-18)17-9-12-22-20(15-17)19-5-1-2-6-21(19)23(22)13-3-4-14-23/h1-2,5-12,15H,3-4,13-14H2. The quantitative estimate of drug-likeness (QED) is 0.379. The summed E-state index contributed by atoms with van der Waals surface area (Å²) in [5.74, 6) is 0. The molecule has 3 aromatic carbocycles. The lowest BCUT2D eigenvalue weighted by Crippen LogP contribution is -2.20. The minimum Gasteiger partial charge on any atom is -0.0619 e. The summed E-state index contributed by atoms with van der Waals surface area (Å²) in [6.07, 6.45) is 5.32. The normalized spacial score (nSPS) is 17.0. The molecule has 3 aromatic rings. The molecule has 0 aromatic heterocycles. The maximum absolute atomic E-state index is 2.42. The Labute approximate surface area is 157 Å². The van der Waals surface area contributed by atoms with Gasteiger partial charge in [-0.05, 0) is 87.0 Å². The number of halogens is 1. The van der Waals surface area contributed by atoms with Crippen LogP contribution in [0, 0.1) is 3.57 Å². The predicted octanol–water partition coefficient (Wildman–Crippen LogP) is 6.80. The number of hydrogen-bond donors (Lipinski definition) is 0. The number of benzene rings is 3. The number of hydrogen-bond acceptors (Lipinski definition) is 0. The van der Waals surface area contributed by atoms with Gasteiger partial charge < -0.3 is 0 Å². The molecule has 2 aliphatic carbocycles. The first-order valence-corrected chi connectivity index (χ1v) is 9.86. The van der Waals surface area contributed by atoms with Crippen molar-refractivity contribution in [3.05, 3.63) is 81.4 Å². The van der Waals surface area contributed by atoms with Crippen LogP contribution in [-0.2, 0) is 5.41 Å². The van der Waals surface area contributed by atoms with E-state index in [0.29, 0.717) is 0 Å². The molecular formula is C23H19I. The van der Waals surface area contributed by atoms with Crippen LogP contribution in [0.5, 0.6) is 0 Å². The fraction of sp³-hybridized carbons (Fsp3) is 0.217. The van der Waals surface area contributed by atoms with Gasteiger partial charge in [-0.1, -0.05) is 61.4 Å². The van der Waals surface area contributed by atoms with Gasteiger partial charge in [0, 0.05) is 8.99 Å². The van der Waals surface area contributed by atoms with Gasteiger partial charge in [0.25, 0.3) is 0 Å². The molecule has 0 radical (unpaired) electrons. The molecule has 118 valence electrons. The van der Waals surface area contributed by atoms with Crippen LogP contribution < -0.4 is 0 Å². The molecule has 0 aliphatic heterocycles. The van der Waals surface area contributed by atoms with Crippen molar-refractivity contribution in [1.82, 2.24) is 0 Å². The average Bonchev–Trinajstić information content (AvgIpc) is 3.22. The van der Waals surface area contributed by atoms with Crippen LogP contribution in [0.2, 0.25) is 0 Å². The molecule has 0 saturated heterocycles. The Morgan fingerprint density at radius 3 is 2.12 bits per heavy atom. The number of rotatable bonds is 1. The minimum absolute atomic E-state index is 0.288. The van der Waals surface area contributed by atoms with Crippen LogP contribution in [0.15, 0.2) is 66.7 Å². The molecule has 0 unspecified atom stereocenters. The van der Waals surface area contributed by atoms with E-state index < -0.39 is 0 Å². The fourth-order valence-electron chi connectivity index (χ4n) is 4.80. The molecule has 1 saturated carbocycles. The van der Waals surface area contributed by atoms with E-state index in [2.05, 4.69) is 89.3 Å². The molecule has 1 heteroatoms. The third kappa shape index (κ3) is 2.03. The molecule has 0 bridgehead atoms. The van der Waals surface area contributed by atoms with Crippen molar-refractivity contribution in [2.24, 2.45) is 0 Å². The molecule has 0 atom stereocenters. The summed E-state index contributed by atoms with van der Waals surface area (Å²) in [6, 6.07) is 25.1. The summed E-state index contributed by atoms with van der Waals surface area (Å²) < 4.78 is 1.28. The van der Waals surface area contributed by atoms with Gasteiger partial charge in [-0.25, -0.2) is 0 Å². The molecule has 0 heterocycles. The highest BCUT2D eigenvalue weighted by atomic mass is 127. The second-order valence-electron chi connectivity index (χ2n) is 7.10. The van der Waals surface area contributed by atoms with Crippen molar-refractivity contribution in [1.29, 1.82) is 0 Å². The first kappa shape index (κ1) is 14.7. The molecule has 24 heavy (non-hydrogen) atoms. The lowest BCUT2D eigenvalue weighted by atomic mass is 9.76. The Hall–Kier alpha value is -1.61. The maximum atomic E-state index is 2.42. The molecule has 0 N–H and O–H groups in total. The first-order chi connectivity index (χ1) is 11.8. The zero-order valence-corrected chi connectivity index (χ0v) is 15.7. The summed E-state index contributed by atoms with van der Waals surface area (Å²) >= 11 is 2.37.